The van der Waals surface area contributed by atoms with Crippen LogP contribution in [0.3, 0.4) is 0 Å². The Balaban J connectivity index is 4.27. The first-order valence-corrected chi connectivity index (χ1v) is 5.56. The van der Waals surface area contributed by atoms with Gasteiger partial charge in [0.2, 0.25) is 5.91 Å². The van der Waals surface area contributed by atoms with Crippen LogP contribution in [0.2, 0.25) is 0 Å². The highest BCUT2D eigenvalue weighted by molar-refractivity contribution is 7.80. The fourth-order valence-corrected chi connectivity index (χ4v) is 1.97. The third kappa shape index (κ3) is 4.57. The lowest BCUT2D eigenvalue weighted by molar-refractivity contribution is -0.124. The molecule has 0 aromatic rings. The molecule has 5 heteroatoms. The molecule has 1 amide bonds. The molecule has 0 aromatic heterocycles. The first-order chi connectivity index (χ1) is 6.93. The Morgan fingerprint density at radius 3 is 2.47 bits per heavy atom. The van der Waals surface area contributed by atoms with Gasteiger partial charge >= 0.3 is 0 Å². The molecule has 0 saturated carbocycles. The molecule has 88 valence electrons. The van der Waals surface area contributed by atoms with Gasteiger partial charge in [0.05, 0.1) is 11.0 Å². The summed E-state index contributed by atoms with van der Waals surface area (Å²) in [7, 11) is 3.58. The number of rotatable bonds is 6. The van der Waals surface area contributed by atoms with Crippen LogP contribution in [0.1, 0.15) is 20.3 Å². The molecule has 0 bridgehead atoms. The Morgan fingerprint density at radius 2 is 2.13 bits per heavy atom. The Bertz CT molecular complexity index is 233. The SMILES string of the molecule is CCC(C(N)=S)N(C)CC(C)C(=O)NC. The van der Waals surface area contributed by atoms with E-state index >= 15 is 0 Å². The number of likely N-dealkylation sites (N-methyl/N-ethyl adjacent to an activating group) is 1. The lowest BCUT2D eigenvalue weighted by atomic mass is 10.1. The zero-order valence-corrected chi connectivity index (χ0v) is 10.7. The summed E-state index contributed by atoms with van der Waals surface area (Å²) in [5.74, 6) is -0.0111. The average molecular weight is 231 g/mol. The monoisotopic (exact) mass is 231 g/mol. The van der Waals surface area contributed by atoms with Crippen molar-refractivity contribution >= 4 is 23.1 Å². The van der Waals surface area contributed by atoms with E-state index in [1.54, 1.807) is 7.05 Å². The van der Waals surface area contributed by atoms with E-state index in [1.807, 2.05) is 25.8 Å². The molecule has 15 heavy (non-hydrogen) atoms. The molecule has 0 saturated heterocycles. The molecule has 0 fully saturated rings. The summed E-state index contributed by atoms with van der Waals surface area (Å²) in [6, 6.07) is 0.0760. The highest BCUT2D eigenvalue weighted by atomic mass is 32.1. The van der Waals surface area contributed by atoms with Gasteiger partial charge in [-0.2, -0.15) is 0 Å². The normalized spacial score (nSPS) is 14.7. The number of amides is 1. The first-order valence-electron chi connectivity index (χ1n) is 5.15. The predicted octanol–water partition coefficient (Wildman–Crippen LogP) is 0.365. The fraction of sp³-hybridized carbons (Fsp3) is 0.800. The van der Waals surface area contributed by atoms with E-state index in [0.717, 1.165) is 6.42 Å². The lowest BCUT2D eigenvalue weighted by Crippen LogP contribution is -2.45. The topological polar surface area (TPSA) is 58.4 Å². The summed E-state index contributed by atoms with van der Waals surface area (Å²) in [5.41, 5.74) is 5.62. The Labute approximate surface area is 97.2 Å². The molecular weight excluding hydrogens is 210 g/mol. The standard InChI is InChI=1S/C10H21N3OS/c1-5-8(9(11)15)13(4)6-7(2)10(14)12-3/h7-8H,5-6H2,1-4H3,(H2,11,15)(H,12,14). The van der Waals surface area contributed by atoms with Gasteiger partial charge in [-0.15, -0.1) is 0 Å². The summed E-state index contributed by atoms with van der Waals surface area (Å²) >= 11 is 4.97. The van der Waals surface area contributed by atoms with Gasteiger partial charge in [0.25, 0.3) is 0 Å². The zero-order valence-electron chi connectivity index (χ0n) is 9.91. The number of nitrogens with zero attached hydrogens (tertiary/aromatic N) is 1. The number of nitrogens with two attached hydrogens (primary N) is 1. The summed E-state index contributed by atoms with van der Waals surface area (Å²) in [5, 5.41) is 2.63. The maximum atomic E-state index is 11.3. The van der Waals surface area contributed by atoms with Crippen molar-refractivity contribution in [3.8, 4) is 0 Å². The van der Waals surface area contributed by atoms with E-state index < -0.39 is 0 Å². The quantitative estimate of drug-likeness (QED) is 0.648. The zero-order chi connectivity index (χ0) is 12.0. The van der Waals surface area contributed by atoms with Gasteiger partial charge < -0.3 is 11.1 Å². The molecule has 0 spiro atoms. The van der Waals surface area contributed by atoms with Crippen molar-refractivity contribution < 1.29 is 4.79 Å². The van der Waals surface area contributed by atoms with Crippen molar-refractivity contribution in [3.05, 3.63) is 0 Å². The Hall–Kier alpha value is -0.680. The highest BCUT2D eigenvalue weighted by Gasteiger charge is 2.20. The summed E-state index contributed by atoms with van der Waals surface area (Å²) in [4.78, 5) is 13.8. The summed E-state index contributed by atoms with van der Waals surface area (Å²) in [6.45, 7) is 4.59. The molecule has 2 atom stereocenters. The number of carbonyl (C=O) groups is 1. The molecule has 0 aromatic carbocycles. The van der Waals surface area contributed by atoms with Gasteiger partial charge in [0.15, 0.2) is 0 Å². The smallest absolute Gasteiger partial charge is 0.223 e. The van der Waals surface area contributed by atoms with Crippen molar-refractivity contribution in [1.82, 2.24) is 10.2 Å². The van der Waals surface area contributed by atoms with Crippen molar-refractivity contribution in [2.45, 2.75) is 26.3 Å². The molecule has 0 aliphatic heterocycles. The van der Waals surface area contributed by atoms with E-state index in [9.17, 15) is 4.79 Å². The molecule has 0 heterocycles. The maximum absolute atomic E-state index is 11.3. The second-order valence-corrected chi connectivity index (χ2v) is 4.25. The Kier molecular flexibility index (Phi) is 6.43. The van der Waals surface area contributed by atoms with E-state index in [1.165, 1.54) is 0 Å². The van der Waals surface area contributed by atoms with Crippen LogP contribution in [0.25, 0.3) is 0 Å². The number of hydrogen-bond acceptors (Lipinski definition) is 3. The van der Waals surface area contributed by atoms with Crippen molar-refractivity contribution in [1.29, 1.82) is 0 Å². The molecule has 3 N–H and O–H groups in total. The van der Waals surface area contributed by atoms with Crippen molar-refractivity contribution in [3.63, 3.8) is 0 Å². The minimum atomic E-state index is -0.0524. The summed E-state index contributed by atoms with van der Waals surface area (Å²) < 4.78 is 0. The molecule has 2 unspecified atom stereocenters. The number of carbonyl (C=O) groups excluding carboxylic acids is 1. The van der Waals surface area contributed by atoms with Crippen molar-refractivity contribution in [2.75, 3.05) is 20.6 Å². The maximum Gasteiger partial charge on any atom is 0.223 e. The molecular formula is C10H21N3OS. The minimum absolute atomic E-state index is 0.0413. The molecule has 0 aliphatic carbocycles. The summed E-state index contributed by atoms with van der Waals surface area (Å²) in [6.07, 6.45) is 0.867. The second-order valence-electron chi connectivity index (χ2n) is 3.78. The number of nitrogens with one attached hydrogen (secondary N) is 1. The third-order valence-electron chi connectivity index (χ3n) is 2.50. The van der Waals surface area contributed by atoms with Crippen LogP contribution < -0.4 is 11.1 Å². The number of hydrogen-bond donors (Lipinski definition) is 2. The largest absolute Gasteiger partial charge is 0.392 e. The Morgan fingerprint density at radius 1 is 1.60 bits per heavy atom. The van der Waals surface area contributed by atoms with Crippen LogP contribution in [0.15, 0.2) is 0 Å². The van der Waals surface area contributed by atoms with Gasteiger partial charge in [-0.25, -0.2) is 0 Å². The van der Waals surface area contributed by atoms with E-state index in [-0.39, 0.29) is 17.9 Å². The van der Waals surface area contributed by atoms with Crippen LogP contribution >= 0.6 is 12.2 Å². The molecule has 0 rings (SSSR count). The van der Waals surface area contributed by atoms with E-state index in [2.05, 4.69) is 5.32 Å². The molecule has 4 nitrogen and oxygen atoms in total. The molecule has 0 aliphatic rings. The van der Waals surface area contributed by atoms with Gasteiger partial charge in [-0.3, -0.25) is 9.69 Å². The van der Waals surface area contributed by atoms with Crippen LogP contribution in [0.4, 0.5) is 0 Å². The third-order valence-corrected chi connectivity index (χ3v) is 2.78. The van der Waals surface area contributed by atoms with E-state index in [4.69, 9.17) is 18.0 Å². The van der Waals surface area contributed by atoms with Gasteiger partial charge in [0.1, 0.15) is 0 Å². The molecule has 0 radical (unpaired) electrons. The predicted molar refractivity (Wildman–Crippen MR) is 66.7 cm³/mol. The van der Waals surface area contributed by atoms with Crippen LogP contribution in [-0.2, 0) is 4.79 Å². The minimum Gasteiger partial charge on any atom is -0.392 e. The second kappa shape index (κ2) is 6.74. The average Bonchev–Trinajstić information content (AvgIpc) is 2.16. The van der Waals surface area contributed by atoms with Crippen molar-refractivity contribution in [2.24, 2.45) is 11.7 Å². The van der Waals surface area contributed by atoms with Gasteiger partial charge in [-0.05, 0) is 13.5 Å². The van der Waals surface area contributed by atoms with Gasteiger partial charge in [-0.1, -0.05) is 26.1 Å². The van der Waals surface area contributed by atoms with Crippen LogP contribution in [0.5, 0.6) is 0 Å². The lowest BCUT2D eigenvalue weighted by Gasteiger charge is -2.28. The van der Waals surface area contributed by atoms with Gasteiger partial charge in [0, 0.05) is 19.5 Å². The van der Waals surface area contributed by atoms with E-state index in [0.29, 0.717) is 11.5 Å². The van der Waals surface area contributed by atoms with Crippen LogP contribution in [-0.4, -0.2) is 42.5 Å². The highest BCUT2D eigenvalue weighted by Crippen LogP contribution is 2.06. The fourth-order valence-electron chi connectivity index (χ4n) is 1.62. The number of thiocarbonyl (C=S) groups is 1. The van der Waals surface area contributed by atoms with Crippen LogP contribution in [0, 0.1) is 5.92 Å². The first kappa shape index (κ1) is 14.3.